The van der Waals surface area contributed by atoms with Crippen molar-refractivity contribution in [1.29, 1.82) is 0 Å². The van der Waals surface area contributed by atoms with Gasteiger partial charge in [-0.15, -0.1) is 0 Å². The van der Waals surface area contributed by atoms with Gasteiger partial charge >= 0.3 is 185 Å². The first-order chi connectivity index (χ1) is 13.5. The summed E-state index contributed by atoms with van der Waals surface area (Å²) >= 11 is 4.61. The van der Waals surface area contributed by atoms with E-state index >= 15 is 0 Å². The van der Waals surface area contributed by atoms with Crippen LogP contribution in [0, 0.1) is 0 Å². The van der Waals surface area contributed by atoms with Crippen molar-refractivity contribution < 1.29 is 0 Å². The van der Waals surface area contributed by atoms with Gasteiger partial charge in [-0.05, 0) is 0 Å². The molecule has 0 saturated carbocycles. The topological polar surface area (TPSA) is 3.24 Å². The zero-order valence-corrected chi connectivity index (χ0v) is 20.9. The molecule has 0 saturated heterocycles. The average molecular weight is 470 g/mol. The molecule has 0 N–H and O–H groups in total. The van der Waals surface area contributed by atoms with E-state index in [1.165, 1.54) is 15.9 Å². The summed E-state index contributed by atoms with van der Waals surface area (Å²) in [6.07, 6.45) is 0. The van der Waals surface area contributed by atoms with E-state index in [0.29, 0.717) is 0 Å². The Morgan fingerprint density at radius 3 is 0.966 bits per heavy atom. The Bertz CT molecular complexity index is 827. The van der Waals surface area contributed by atoms with Crippen molar-refractivity contribution in [3.8, 4) is 0 Å². The van der Waals surface area contributed by atoms with Crippen molar-refractivity contribution in [3.63, 3.8) is 0 Å². The predicted molar refractivity (Wildman–Crippen MR) is 135 cm³/mol. The monoisotopic (exact) mass is 469 g/mol. The number of benzene rings is 3. The molecule has 0 aliphatic carbocycles. The molecule has 3 aromatic carbocycles. The van der Waals surface area contributed by atoms with Crippen LogP contribution in [0.2, 0.25) is 0 Å². The molecule has 0 aliphatic heterocycles. The summed E-state index contributed by atoms with van der Waals surface area (Å²) < 4.78 is 2.74. The Morgan fingerprint density at radius 2 is 0.759 bits per heavy atom. The van der Waals surface area contributed by atoms with Crippen molar-refractivity contribution in [2.45, 2.75) is 52.6 Å². The number of hydrogen-bond donors (Lipinski definition) is 0. The Hall–Kier alpha value is -1.47. The Kier molecular flexibility index (Phi) is 5.86. The maximum atomic E-state index is 4.61. The van der Waals surface area contributed by atoms with Gasteiger partial charge in [0.05, 0.1) is 0 Å². The summed E-state index contributed by atoms with van der Waals surface area (Å²) in [6, 6.07) is 33.0. The van der Waals surface area contributed by atoms with Crippen LogP contribution in [0.15, 0.2) is 91.0 Å². The molecule has 0 heterocycles. The Morgan fingerprint density at radius 1 is 0.517 bits per heavy atom. The summed E-state index contributed by atoms with van der Waals surface area (Å²) in [6.45, 7) is 14.0. The first kappa shape index (κ1) is 22.2. The first-order valence-corrected chi connectivity index (χ1v) is 14.4. The van der Waals surface area contributed by atoms with Gasteiger partial charge in [-0.3, -0.25) is 0 Å². The standard InChI is InChI=1S/C26H33BrNP/c1-25(2,3)28(26(4,5)6)29(27,22-16-10-7-11-17-22,23-18-12-8-13-19-23)24-20-14-9-15-21-24/h7-21H,1-6H3. The second-order valence-corrected chi connectivity index (χ2v) is 17.6. The Balaban J connectivity index is 2.63. The minimum atomic E-state index is -3.21. The molecule has 0 spiro atoms. The van der Waals surface area contributed by atoms with Gasteiger partial charge in [-0.1, -0.05) is 0 Å². The zero-order chi connectivity index (χ0) is 21.4. The molecule has 0 radical (unpaired) electrons. The first-order valence-electron chi connectivity index (χ1n) is 10.2. The van der Waals surface area contributed by atoms with Gasteiger partial charge in [0.15, 0.2) is 0 Å². The molecule has 3 heteroatoms. The molecular weight excluding hydrogens is 437 g/mol. The van der Waals surface area contributed by atoms with E-state index in [4.69, 9.17) is 0 Å². The van der Waals surface area contributed by atoms with Gasteiger partial charge < -0.3 is 0 Å². The SMILES string of the molecule is CC(C)(C)N(C(C)(C)C)P(Br)(c1ccccc1)(c1ccccc1)c1ccccc1. The maximum absolute atomic E-state index is 4.61. The van der Waals surface area contributed by atoms with Crippen LogP contribution in [0.4, 0.5) is 0 Å². The fourth-order valence-electron chi connectivity index (χ4n) is 5.03. The van der Waals surface area contributed by atoms with Gasteiger partial charge in [0, 0.05) is 0 Å². The summed E-state index contributed by atoms with van der Waals surface area (Å²) in [5.74, 6) is 0. The van der Waals surface area contributed by atoms with Crippen LogP contribution in [-0.4, -0.2) is 15.7 Å². The van der Waals surface area contributed by atoms with E-state index < -0.39 is 5.46 Å². The van der Waals surface area contributed by atoms with E-state index in [-0.39, 0.29) is 11.1 Å². The third-order valence-corrected chi connectivity index (χ3v) is 15.6. The fraction of sp³-hybridized carbons (Fsp3) is 0.308. The van der Waals surface area contributed by atoms with Gasteiger partial charge in [0.2, 0.25) is 0 Å². The minimum absolute atomic E-state index is 0.0961. The number of rotatable bonds is 4. The van der Waals surface area contributed by atoms with Crippen LogP contribution < -0.4 is 15.9 Å². The zero-order valence-electron chi connectivity index (χ0n) is 18.4. The van der Waals surface area contributed by atoms with Crippen molar-refractivity contribution in [2.75, 3.05) is 0 Å². The van der Waals surface area contributed by atoms with Gasteiger partial charge in [-0.25, -0.2) is 0 Å². The third-order valence-electron chi connectivity index (χ3n) is 5.33. The number of hydrogen-bond acceptors (Lipinski definition) is 1. The summed E-state index contributed by atoms with van der Waals surface area (Å²) in [7, 11) is 0. The van der Waals surface area contributed by atoms with Crippen LogP contribution in [0.1, 0.15) is 41.5 Å². The van der Waals surface area contributed by atoms with E-state index in [2.05, 4.69) is 153 Å². The molecule has 0 aliphatic rings. The van der Waals surface area contributed by atoms with E-state index in [9.17, 15) is 0 Å². The molecule has 0 aromatic heterocycles. The molecule has 0 bridgehead atoms. The summed E-state index contributed by atoms with van der Waals surface area (Å²) in [5.41, 5.74) is -3.40. The van der Waals surface area contributed by atoms with Gasteiger partial charge in [0.1, 0.15) is 0 Å². The van der Waals surface area contributed by atoms with Gasteiger partial charge in [-0.2, -0.15) is 0 Å². The van der Waals surface area contributed by atoms with Crippen molar-refractivity contribution in [3.05, 3.63) is 91.0 Å². The second kappa shape index (κ2) is 7.65. The van der Waals surface area contributed by atoms with Crippen molar-refractivity contribution in [1.82, 2.24) is 4.67 Å². The van der Waals surface area contributed by atoms with Crippen LogP contribution >= 0.6 is 20.9 Å². The average Bonchev–Trinajstić information content (AvgIpc) is 2.68. The fourth-order valence-corrected chi connectivity index (χ4v) is 16.0. The van der Waals surface area contributed by atoms with Gasteiger partial charge in [0.25, 0.3) is 0 Å². The molecule has 3 aromatic rings. The van der Waals surface area contributed by atoms with Crippen molar-refractivity contribution in [2.24, 2.45) is 0 Å². The molecular formula is C26H33BrNP. The van der Waals surface area contributed by atoms with Crippen LogP contribution in [0.3, 0.4) is 0 Å². The molecule has 29 heavy (non-hydrogen) atoms. The molecule has 0 unspecified atom stereocenters. The van der Waals surface area contributed by atoms with Crippen molar-refractivity contribution >= 4 is 36.9 Å². The Labute approximate surface area is 184 Å². The molecule has 0 fully saturated rings. The molecule has 0 amide bonds. The predicted octanol–water partition coefficient (Wildman–Crippen LogP) is 6.64. The quantitative estimate of drug-likeness (QED) is 0.387. The van der Waals surface area contributed by atoms with Crippen LogP contribution in [0.25, 0.3) is 0 Å². The second-order valence-electron chi connectivity index (χ2n) is 9.62. The van der Waals surface area contributed by atoms with E-state index in [1.807, 2.05) is 0 Å². The molecule has 154 valence electrons. The number of halogens is 1. The normalized spacial score (nSPS) is 14.4. The van der Waals surface area contributed by atoms with E-state index in [1.54, 1.807) is 0 Å². The van der Waals surface area contributed by atoms with Crippen LogP contribution in [0.5, 0.6) is 0 Å². The molecule has 3 rings (SSSR count). The van der Waals surface area contributed by atoms with E-state index in [0.717, 1.165) is 0 Å². The third kappa shape index (κ3) is 3.61. The number of nitrogens with zero attached hydrogens (tertiary/aromatic N) is 1. The summed E-state index contributed by atoms with van der Waals surface area (Å²) in [4.78, 5) is 0. The molecule has 0 atom stereocenters. The van der Waals surface area contributed by atoms with Crippen LogP contribution in [-0.2, 0) is 0 Å². The summed E-state index contributed by atoms with van der Waals surface area (Å²) in [5, 5.41) is 3.96. The molecule has 1 nitrogen and oxygen atoms in total.